The number of carbonyl (C=O) groups excluding carboxylic acids is 1. The summed E-state index contributed by atoms with van der Waals surface area (Å²) in [5.74, 6) is -1.65. The first-order valence-corrected chi connectivity index (χ1v) is 8.83. The normalized spacial score (nSPS) is 12.9. The highest BCUT2D eigenvalue weighted by molar-refractivity contribution is 7.17. The number of nitrogens with one attached hydrogen (secondary N) is 1. The van der Waals surface area contributed by atoms with Crippen LogP contribution in [0.2, 0.25) is 0 Å². The number of fused-ring (bicyclic) bond motifs is 1. The second kappa shape index (κ2) is 7.52. The molecule has 2 aromatic rings. The van der Waals surface area contributed by atoms with Gasteiger partial charge in [-0.25, -0.2) is 4.79 Å². The van der Waals surface area contributed by atoms with Crippen LogP contribution in [0.3, 0.4) is 0 Å². The molecule has 0 saturated heterocycles. The van der Waals surface area contributed by atoms with Crippen LogP contribution in [0, 0.1) is 10.1 Å². The number of anilines is 1. The number of thiophene rings is 1. The number of carboxylic acids is 1. The molecule has 9 heteroatoms. The van der Waals surface area contributed by atoms with Crippen molar-refractivity contribution >= 4 is 33.9 Å². The van der Waals surface area contributed by atoms with E-state index in [2.05, 4.69) is 5.32 Å². The molecular formula is C17H16N2O6S. The highest BCUT2D eigenvalue weighted by atomic mass is 32.1. The zero-order valence-corrected chi connectivity index (χ0v) is 14.5. The smallest absolute Gasteiger partial charge is 0.339 e. The van der Waals surface area contributed by atoms with E-state index < -0.39 is 23.4 Å². The first-order chi connectivity index (χ1) is 12.5. The van der Waals surface area contributed by atoms with Gasteiger partial charge in [-0.05, 0) is 37.3 Å². The molecule has 8 nitrogen and oxygen atoms in total. The van der Waals surface area contributed by atoms with E-state index in [0.717, 1.165) is 29.7 Å². The predicted molar refractivity (Wildman–Crippen MR) is 95.1 cm³/mol. The Morgan fingerprint density at radius 2 is 2.00 bits per heavy atom. The third-order valence-corrected chi connectivity index (χ3v) is 5.27. The number of para-hydroxylation sites is 2. The fourth-order valence-corrected chi connectivity index (χ4v) is 4.21. The van der Waals surface area contributed by atoms with Gasteiger partial charge in [0.2, 0.25) is 0 Å². The number of carbonyl (C=O) groups is 2. The molecule has 0 atom stereocenters. The molecule has 0 bridgehead atoms. The van der Waals surface area contributed by atoms with Crippen LogP contribution >= 0.6 is 11.3 Å². The second-order valence-corrected chi connectivity index (χ2v) is 6.89. The molecule has 1 amide bonds. The van der Waals surface area contributed by atoms with Gasteiger partial charge in [0.1, 0.15) is 5.00 Å². The minimum Gasteiger partial charge on any atom is -0.478 e. The number of nitro benzene ring substituents is 1. The highest BCUT2D eigenvalue weighted by Gasteiger charge is 2.26. The summed E-state index contributed by atoms with van der Waals surface area (Å²) < 4.78 is 5.24. The lowest BCUT2D eigenvalue weighted by molar-refractivity contribution is -0.385. The number of hydrogen-bond acceptors (Lipinski definition) is 6. The number of rotatable bonds is 6. The summed E-state index contributed by atoms with van der Waals surface area (Å²) in [6.45, 7) is -0.452. The largest absolute Gasteiger partial charge is 0.478 e. The number of nitrogens with zero attached hydrogens (tertiary/aromatic N) is 1. The third-order valence-electron chi connectivity index (χ3n) is 4.06. The average molecular weight is 376 g/mol. The van der Waals surface area contributed by atoms with Gasteiger partial charge in [-0.1, -0.05) is 12.1 Å². The minimum atomic E-state index is -1.07. The van der Waals surface area contributed by atoms with E-state index in [0.29, 0.717) is 11.4 Å². The molecule has 1 aromatic heterocycles. The Morgan fingerprint density at radius 3 is 2.73 bits per heavy atom. The molecule has 1 aliphatic rings. The maximum Gasteiger partial charge on any atom is 0.339 e. The molecular weight excluding hydrogens is 360 g/mol. The standard InChI is InChI=1S/C17H16N2O6S/c20-14(9-25-12-7-3-2-6-11(12)19(23)24)18-16-15(17(21)22)10-5-1-4-8-13(10)26-16/h2-3,6-7H,1,4-5,8-9H2,(H,18,20)(H,21,22). The number of carboxylic acid groups (broad SMARTS) is 1. The summed E-state index contributed by atoms with van der Waals surface area (Å²) in [6.07, 6.45) is 3.43. The number of ether oxygens (including phenoxy) is 1. The number of amides is 1. The summed E-state index contributed by atoms with van der Waals surface area (Å²) in [5.41, 5.74) is 0.700. The van der Waals surface area contributed by atoms with Crippen molar-refractivity contribution in [1.82, 2.24) is 0 Å². The zero-order chi connectivity index (χ0) is 18.7. The van der Waals surface area contributed by atoms with Crippen molar-refractivity contribution in [1.29, 1.82) is 0 Å². The van der Waals surface area contributed by atoms with E-state index in [9.17, 15) is 24.8 Å². The second-order valence-electron chi connectivity index (χ2n) is 5.78. The molecule has 0 unspecified atom stereocenters. The molecule has 0 fully saturated rings. The fourth-order valence-electron chi connectivity index (χ4n) is 2.92. The van der Waals surface area contributed by atoms with E-state index in [1.54, 1.807) is 6.07 Å². The van der Waals surface area contributed by atoms with Crippen LogP contribution in [0.1, 0.15) is 33.6 Å². The molecule has 1 aromatic carbocycles. The average Bonchev–Trinajstić information content (AvgIpc) is 2.98. The van der Waals surface area contributed by atoms with Crippen LogP contribution in [-0.4, -0.2) is 28.5 Å². The molecule has 136 valence electrons. The Bertz CT molecular complexity index is 876. The van der Waals surface area contributed by atoms with Gasteiger partial charge in [0.25, 0.3) is 5.91 Å². The van der Waals surface area contributed by atoms with Gasteiger partial charge in [-0.3, -0.25) is 14.9 Å². The summed E-state index contributed by atoms with van der Waals surface area (Å²) in [5, 5.41) is 23.3. The Hall–Kier alpha value is -2.94. The van der Waals surface area contributed by atoms with Crippen LogP contribution in [0.25, 0.3) is 0 Å². The minimum absolute atomic E-state index is 0.0171. The summed E-state index contributed by atoms with van der Waals surface area (Å²) in [7, 11) is 0. The van der Waals surface area contributed by atoms with Crippen molar-refractivity contribution in [2.75, 3.05) is 11.9 Å². The van der Waals surface area contributed by atoms with E-state index in [1.165, 1.54) is 29.5 Å². The highest BCUT2D eigenvalue weighted by Crippen LogP contribution is 2.38. The van der Waals surface area contributed by atoms with Crippen LogP contribution in [0.4, 0.5) is 10.7 Å². The monoisotopic (exact) mass is 376 g/mol. The number of hydrogen-bond donors (Lipinski definition) is 2. The van der Waals surface area contributed by atoms with E-state index >= 15 is 0 Å². The van der Waals surface area contributed by atoms with E-state index in [1.807, 2.05) is 0 Å². The topological polar surface area (TPSA) is 119 Å². The van der Waals surface area contributed by atoms with Crippen molar-refractivity contribution in [3.8, 4) is 5.75 Å². The van der Waals surface area contributed by atoms with Gasteiger partial charge >= 0.3 is 11.7 Å². The molecule has 0 radical (unpaired) electrons. The van der Waals surface area contributed by atoms with Crippen LogP contribution < -0.4 is 10.1 Å². The lowest BCUT2D eigenvalue weighted by Crippen LogP contribution is -2.21. The van der Waals surface area contributed by atoms with Crippen LogP contribution in [0.15, 0.2) is 24.3 Å². The molecule has 0 spiro atoms. The molecule has 3 rings (SSSR count). The number of nitro groups is 1. The Kier molecular flexibility index (Phi) is 5.17. The quantitative estimate of drug-likeness (QED) is 0.590. The van der Waals surface area contributed by atoms with Crippen molar-refractivity contribution in [3.63, 3.8) is 0 Å². The summed E-state index contributed by atoms with van der Waals surface area (Å²) >= 11 is 1.27. The summed E-state index contributed by atoms with van der Waals surface area (Å²) in [6, 6.07) is 5.75. The Morgan fingerprint density at radius 1 is 1.27 bits per heavy atom. The van der Waals surface area contributed by atoms with E-state index in [-0.39, 0.29) is 17.0 Å². The zero-order valence-electron chi connectivity index (χ0n) is 13.7. The first kappa shape index (κ1) is 17.9. The van der Waals surface area contributed by atoms with Crippen molar-refractivity contribution in [3.05, 3.63) is 50.4 Å². The lowest BCUT2D eigenvalue weighted by Gasteiger charge is -2.10. The Balaban J connectivity index is 1.72. The van der Waals surface area contributed by atoms with Crippen LogP contribution in [0.5, 0.6) is 5.75 Å². The van der Waals surface area contributed by atoms with Crippen molar-refractivity contribution in [2.24, 2.45) is 0 Å². The van der Waals surface area contributed by atoms with Gasteiger partial charge < -0.3 is 15.2 Å². The van der Waals surface area contributed by atoms with Crippen LogP contribution in [-0.2, 0) is 17.6 Å². The van der Waals surface area contributed by atoms with Gasteiger partial charge in [-0.2, -0.15) is 0 Å². The third kappa shape index (κ3) is 3.67. The maximum atomic E-state index is 12.2. The Labute approximate surface area is 152 Å². The molecule has 0 aliphatic heterocycles. The van der Waals surface area contributed by atoms with E-state index in [4.69, 9.17) is 4.74 Å². The van der Waals surface area contributed by atoms with Crippen molar-refractivity contribution < 1.29 is 24.4 Å². The van der Waals surface area contributed by atoms with Crippen molar-refractivity contribution in [2.45, 2.75) is 25.7 Å². The van der Waals surface area contributed by atoms with Gasteiger partial charge in [0.15, 0.2) is 12.4 Å². The van der Waals surface area contributed by atoms with Gasteiger partial charge in [0.05, 0.1) is 10.5 Å². The molecule has 2 N–H and O–H groups in total. The maximum absolute atomic E-state index is 12.2. The SMILES string of the molecule is O=C(COc1ccccc1[N+](=O)[O-])Nc1sc2c(c1C(=O)O)CCCC2. The number of aromatic carboxylic acids is 1. The van der Waals surface area contributed by atoms with Gasteiger partial charge in [-0.15, -0.1) is 11.3 Å². The lowest BCUT2D eigenvalue weighted by atomic mass is 9.95. The fraction of sp³-hybridized carbons (Fsp3) is 0.294. The number of aryl methyl sites for hydroxylation is 1. The predicted octanol–water partition coefficient (Wildman–Crippen LogP) is 3.25. The number of benzene rings is 1. The summed E-state index contributed by atoms with van der Waals surface area (Å²) in [4.78, 5) is 35.1. The first-order valence-electron chi connectivity index (χ1n) is 8.01. The molecule has 1 aliphatic carbocycles. The molecule has 0 saturated carbocycles. The molecule has 1 heterocycles. The molecule has 26 heavy (non-hydrogen) atoms. The van der Waals surface area contributed by atoms with Gasteiger partial charge in [0, 0.05) is 10.9 Å².